The van der Waals surface area contributed by atoms with Gasteiger partial charge in [0.2, 0.25) is 0 Å². The van der Waals surface area contributed by atoms with Gasteiger partial charge in [-0.3, -0.25) is 0 Å². The molecular weight excluding hydrogens is 188 g/mol. The number of hydrogen-bond donors (Lipinski definition) is 2. The molecule has 0 spiro atoms. The molecule has 0 amide bonds. The van der Waals surface area contributed by atoms with Crippen molar-refractivity contribution in [3.8, 4) is 5.75 Å². The molecule has 0 saturated heterocycles. The van der Waals surface area contributed by atoms with Gasteiger partial charge in [0.15, 0.2) is 17.4 Å². The molecular formula is C7H8ClF2NO. The van der Waals surface area contributed by atoms with Crippen molar-refractivity contribution in [3.05, 3.63) is 29.3 Å². The minimum atomic E-state index is -0.945. The normalized spacial score (nSPS) is 9.25. The summed E-state index contributed by atoms with van der Waals surface area (Å²) in [4.78, 5) is 0. The number of phenolic OH excluding ortho intramolecular Hbond substituents is 1. The molecule has 0 radical (unpaired) electrons. The summed E-state index contributed by atoms with van der Waals surface area (Å²) in [7, 11) is 0. The molecule has 0 aliphatic carbocycles. The molecule has 1 aromatic rings. The highest BCUT2D eigenvalue weighted by molar-refractivity contribution is 5.30. The van der Waals surface area contributed by atoms with E-state index in [-0.39, 0.29) is 24.5 Å². The molecule has 1 aromatic carbocycles. The summed E-state index contributed by atoms with van der Waals surface area (Å²) in [5.41, 5.74) is 3.63. The van der Waals surface area contributed by atoms with Crippen LogP contribution in [0.15, 0.2) is 12.1 Å². The molecule has 4 N–H and O–H groups in total. The SMILES string of the molecule is [Cl-].[NH3+]Cc1ccc(F)c(O)c1F. The van der Waals surface area contributed by atoms with E-state index in [0.29, 0.717) is 0 Å². The van der Waals surface area contributed by atoms with Crippen molar-refractivity contribution in [1.82, 2.24) is 0 Å². The molecule has 0 aliphatic rings. The third kappa shape index (κ3) is 1.84. The fourth-order valence-corrected chi connectivity index (χ4v) is 0.776. The highest BCUT2D eigenvalue weighted by atomic mass is 35.5. The zero-order valence-corrected chi connectivity index (χ0v) is 6.91. The number of aromatic hydroxyl groups is 1. The molecule has 0 bridgehead atoms. The van der Waals surface area contributed by atoms with Gasteiger partial charge in [0.05, 0.1) is 0 Å². The van der Waals surface area contributed by atoms with Crippen LogP contribution in [0.3, 0.4) is 0 Å². The molecule has 0 unspecified atom stereocenters. The van der Waals surface area contributed by atoms with Crippen LogP contribution in [0.4, 0.5) is 8.78 Å². The van der Waals surface area contributed by atoms with Crippen LogP contribution >= 0.6 is 0 Å². The van der Waals surface area contributed by atoms with Crippen molar-refractivity contribution in [3.63, 3.8) is 0 Å². The summed E-state index contributed by atoms with van der Waals surface area (Å²) in [6, 6.07) is 2.27. The Kier molecular flexibility index (Phi) is 3.92. The minimum Gasteiger partial charge on any atom is -1.00 e. The molecule has 0 aromatic heterocycles. The molecule has 0 aliphatic heterocycles. The molecule has 0 fully saturated rings. The monoisotopic (exact) mass is 195 g/mol. The second-order valence-electron chi connectivity index (χ2n) is 2.12. The van der Waals surface area contributed by atoms with E-state index in [4.69, 9.17) is 5.11 Å². The first-order valence-corrected chi connectivity index (χ1v) is 3.12. The Balaban J connectivity index is 0.00000121. The van der Waals surface area contributed by atoms with Crippen molar-refractivity contribution in [2.45, 2.75) is 6.54 Å². The Morgan fingerprint density at radius 1 is 1.33 bits per heavy atom. The van der Waals surface area contributed by atoms with E-state index in [1.807, 2.05) is 0 Å². The van der Waals surface area contributed by atoms with E-state index in [1.54, 1.807) is 0 Å². The maximum absolute atomic E-state index is 12.7. The van der Waals surface area contributed by atoms with Crippen molar-refractivity contribution >= 4 is 0 Å². The first-order valence-electron chi connectivity index (χ1n) is 3.12. The van der Waals surface area contributed by atoms with Crippen molar-refractivity contribution in [2.24, 2.45) is 0 Å². The lowest BCUT2D eigenvalue weighted by atomic mass is 10.2. The zero-order valence-electron chi connectivity index (χ0n) is 6.15. The second-order valence-corrected chi connectivity index (χ2v) is 2.12. The lowest BCUT2D eigenvalue weighted by Crippen LogP contribution is -3.00. The fraction of sp³-hybridized carbons (Fsp3) is 0.143. The topological polar surface area (TPSA) is 47.9 Å². The zero-order chi connectivity index (χ0) is 8.43. The van der Waals surface area contributed by atoms with Crippen LogP contribution in [0, 0.1) is 11.6 Å². The number of rotatable bonds is 1. The van der Waals surface area contributed by atoms with Crippen molar-refractivity contribution in [2.75, 3.05) is 0 Å². The smallest absolute Gasteiger partial charge is 0.188 e. The Morgan fingerprint density at radius 3 is 2.42 bits per heavy atom. The standard InChI is InChI=1S/C7H7F2NO.ClH/c8-5-2-1-4(3-10)6(9)7(5)11;/h1-2,11H,3,10H2;1H. The van der Waals surface area contributed by atoms with Crippen LogP contribution in [0.2, 0.25) is 0 Å². The lowest BCUT2D eigenvalue weighted by molar-refractivity contribution is -0.387. The number of hydrogen-bond acceptors (Lipinski definition) is 1. The van der Waals surface area contributed by atoms with E-state index in [1.165, 1.54) is 6.07 Å². The van der Waals surface area contributed by atoms with Gasteiger partial charge < -0.3 is 23.2 Å². The van der Waals surface area contributed by atoms with Gasteiger partial charge in [0, 0.05) is 5.56 Å². The molecule has 68 valence electrons. The van der Waals surface area contributed by atoms with Crippen LogP contribution in [-0.2, 0) is 6.54 Å². The largest absolute Gasteiger partial charge is 1.00 e. The lowest BCUT2D eigenvalue weighted by Gasteiger charge is -1.99. The Labute approximate surface area is 74.4 Å². The molecule has 2 nitrogen and oxygen atoms in total. The van der Waals surface area contributed by atoms with E-state index in [2.05, 4.69) is 5.73 Å². The summed E-state index contributed by atoms with van der Waals surface area (Å²) in [5.74, 6) is -2.79. The van der Waals surface area contributed by atoms with Gasteiger partial charge in [0.1, 0.15) is 6.54 Å². The van der Waals surface area contributed by atoms with Gasteiger partial charge in [0.25, 0.3) is 0 Å². The maximum Gasteiger partial charge on any atom is 0.188 e. The summed E-state index contributed by atoms with van der Waals surface area (Å²) in [6.07, 6.45) is 0. The summed E-state index contributed by atoms with van der Waals surface area (Å²) >= 11 is 0. The summed E-state index contributed by atoms with van der Waals surface area (Å²) in [5, 5.41) is 8.74. The van der Waals surface area contributed by atoms with Gasteiger partial charge in [-0.25, -0.2) is 8.78 Å². The molecule has 12 heavy (non-hydrogen) atoms. The van der Waals surface area contributed by atoms with Gasteiger partial charge in [-0.15, -0.1) is 0 Å². The van der Waals surface area contributed by atoms with Gasteiger partial charge in [-0.2, -0.15) is 0 Å². The predicted molar refractivity (Wildman–Crippen MR) is 34.6 cm³/mol. The minimum absolute atomic E-state index is 0. The second kappa shape index (κ2) is 4.23. The molecule has 1 rings (SSSR count). The molecule has 0 saturated carbocycles. The van der Waals surface area contributed by atoms with E-state index in [0.717, 1.165) is 6.07 Å². The quantitative estimate of drug-likeness (QED) is 0.508. The molecule has 0 atom stereocenters. The number of halogens is 3. The Bertz CT molecular complexity index is 280. The average molecular weight is 196 g/mol. The number of quaternary nitrogens is 1. The van der Waals surface area contributed by atoms with Crippen LogP contribution < -0.4 is 18.1 Å². The highest BCUT2D eigenvalue weighted by Gasteiger charge is 2.11. The van der Waals surface area contributed by atoms with Crippen LogP contribution in [0.1, 0.15) is 5.56 Å². The average Bonchev–Trinajstić information content (AvgIpc) is 2.01. The third-order valence-corrected chi connectivity index (χ3v) is 1.42. The van der Waals surface area contributed by atoms with Crippen LogP contribution in [-0.4, -0.2) is 5.11 Å². The number of phenols is 1. The molecule has 0 heterocycles. The highest BCUT2D eigenvalue weighted by Crippen LogP contribution is 2.21. The first-order chi connectivity index (χ1) is 5.16. The van der Waals surface area contributed by atoms with E-state index < -0.39 is 17.4 Å². The van der Waals surface area contributed by atoms with E-state index >= 15 is 0 Å². The van der Waals surface area contributed by atoms with Gasteiger partial charge >= 0.3 is 0 Å². The van der Waals surface area contributed by atoms with Gasteiger partial charge in [-0.1, -0.05) is 0 Å². The Hall–Kier alpha value is -0.870. The van der Waals surface area contributed by atoms with Crippen molar-refractivity contribution < 1.29 is 32.0 Å². The van der Waals surface area contributed by atoms with Crippen LogP contribution in [0.25, 0.3) is 0 Å². The predicted octanol–water partition coefficient (Wildman–Crippen LogP) is -2.58. The number of benzene rings is 1. The van der Waals surface area contributed by atoms with Gasteiger partial charge in [-0.05, 0) is 12.1 Å². The first kappa shape index (κ1) is 11.1. The molecule has 5 heteroatoms. The summed E-state index contributed by atoms with van der Waals surface area (Å²) < 4.78 is 25.1. The van der Waals surface area contributed by atoms with E-state index in [9.17, 15) is 8.78 Å². The fourth-order valence-electron chi connectivity index (χ4n) is 0.776. The maximum atomic E-state index is 12.7. The Morgan fingerprint density at radius 2 is 1.92 bits per heavy atom. The summed E-state index contributed by atoms with van der Waals surface area (Å²) in [6.45, 7) is 0.194. The third-order valence-electron chi connectivity index (χ3n) is 1.42. The van der Waals surface area contributed by atoms with Crippen molar-refractivity contribution in [1.29, 1.82) is 0 Å². The van der Waals surface area contributed by atoms with Crippen LogP contribution in [0.5, 0.6) is 5.75 Å².